The van der Waals surface area contributed by atoms with Crippen LogP contribution in [0.3, 0.4) is 0 Å². The average molecular weight is 335 g/mol. The van der Waals surface area contributed by atoms with Crippen LogP contribution in [0.5, 0.6) is 0 Å². The summed E-state index contributed by atoms with van der Waals surface area (Å²) >= 11 is 0. The summed E-state index contributed by atoms with van der Waals surface area (Å²) < 4.78 is 2.07. The minimum Gasteiger partial charge on any atom is -0.357 e. The minimum absolute atomic E-state index is 0.813. The van der Waals surface area contributed by atoms with E-state index in [1.807, 2.05) is 6.92 Å². The van der Waals surface area contributed by atoms with E-state index in [0.29, 0.717) is 0 Å². The van der Waals surface area contributed by atoms with E-state index in [9.17, 15) is 0 Å². The first-order chi connectivity index (χ1) is 11.6. The number of aromatic nitrogens is 2. The van der Waals surface area contributed by atoms with Crippen molar-refractivity contribution < 1.29 is 0 Å². The van der Waals surface area contributed by atoms with Gasteiger partial charge in [0, 0.05) is 44.5 Å². The molecule has 0 atom stereocenters. The molecule has 24 heavy (non-hydrogen) atoms. The van der Waals surface area contributed by atoms with Crippen molar-refractivity contribution in [3.8, 4) is 0 Å². The minimum atomic E-state index is 0.813. The maximum atomic E-state index is 4.68. The van der Waals surface area contributed by atoms with E-state index in [2.05, 4.69) is 57.1 Å². The number of hydrogen-bond acceptors (Lipinski definition) is 3. The summed E-state index contributed by atoms with van der Waals surface area (Å²) in [6.45, 7) is 14.3. The topological polar surface area (TPSA) is 57.5 Å². The lowest BCUT2D eigenvalue weighted by Crippen LogP contribution is -2.42. The van der Waals surface area contributed by atoms with Crippen molar-refractivity contribution in [2.75, 3.05) is 32.7 Å². The first-order valence-electron chi connectivity index (χ1n) is 9.41. The lowest BCUT2D eigenvalue weighted by Gasteiger charge is -2.20. The summed E-state index contributed by atoms with van der Waals surface area (Å²) in [5.41, 5.74) is 2.31. The van der Waals surface area contributed by atoms with E-state index in [0.717, 1.165) is 63.4 Å². The third kappa shape index (κ3) is 6.15. The van der Waals surface area contributed by atoms with Crippen LogP contribution in [0, 0.1) is 13.8 Å². The summed E-state index contributed by atoms with van der Waals surface area (Å²) in [7, 11) is 0. The van der Waals surface area contributed by atoms with Gasteiger partial charge in [0.2, 0.25) is 0 Å². The van der Waals surface area contributed by atoms with Crippen molar-refractivity contribution in [3.63, 3.8) is 0 Å². The number of guanidine groups is 1. The van der Waals surface area contributed by atoms with Crippen molar-refractivity contribution in [1.29, 1.82) is 0 Å². The fourth-order valence-corrected chi connectivity index (χ4v) is 3.01. The molecular weight excluding hydrogens is 300 g/mol. The highest BCUT2D eigenvalue weighted by molar-refractivity contribution is 5.79. The van der Waals surface area contributed by atoms with Gasteiger partial charge in [-0.05, 0) is 52.6 Å². The predicted molar refractivity (Wildman–Crippen MR) is 101 cm³/mol. The summed E-state index contributed by atoms with van der Waals surface area (Å²) in [5, 5.41) is 11.3. The van der Waals surface area contributed by atoms with Gasteiger partial charge in [0.25, 0.3) is 0 Å². The molecule has 2 N–H and O–H groups in total. The van der Waals surface area contributed by atoms with Crippen molar-refractivity contribution in [2.24, 2.45) is 4.99 Å². The zero-order valence-corrected chi connectivity index (χ0v) is 15.8. The SMILES string of the molecule is CCNC(=NCCCn1nc(C)cc1C)NCCN(CC)C1CC1. The molecule has 1 saturated carbocycles. The Labute approximate surface area is 146 Å². The van der Waals surface area contributed by atoms with Crippen LogP contribution in [0.1, 0.15) is 44.5 Å². The van der Waals surface area contributed by atoms with Gasteiger partial charge in [-0.3, -0.25) is 14.6 Å². The highest BCUT2D eigenvalue weighted by Gasteiger charge is 2.27. The molecule has 0 amide bonds. The number of rotatable bonds is 10. The van der Waals surface area contributed by atoms with Crippen molar-refractivity contribution in [3.05, 3.63) is 17.5 Å². The molecule has 0 saturated heterocycles. The summed E-state index contributed by atoms with van der Waals surface area (Å²) in [6, 6.07) is 2.95. The standard InChI is InChI=1S/C18H34N6/c1-5-19-18(21-11-13-23(6-2)17-8-9-17)20-10-7-12-24-16(4)14-15(3)22-24/h14,17H,5-13H2,1-4H3,(H2,19,20,21). The molecule has 0 radical (unpaired) electrons. The largest absolute Gasteiger partial charge is 0.357 e. The zero-order valence-electron chi connectivity index (χ0n) is 15.8. The smallest absolute Gasteiger partial charge is 0.191 e. The maximum absolute atomic E-state index is 4.68. The molecule has 1 heterocycles. The highest BCUT2D eigenvalue weighted by atomic mass is 15.3. The monoisotopic (exact) mass is 334 g/mol. The van der Waals surface area contributed by atoms with Gasteiger partial charge in [-0.25, -0.2) is 0 Å². The summed E-state index contributed by atoms with van der Waals surface area (Å²) in [5.74, 6) is 0.928. The Balaban J connectivity index is 1.70. The first-order valence-corrected chi connectivity index (χ1v) is 9.41. The Morgan fingerprint density at radius 1 is 1.33 bits per heavy atom. The van der Waals surface area contributed by atoms with Crippen LogP contribution in [0.4, 0.5) is 0 Å². The number of aryl methyl sites for hydroxylation is 3. The number of hydrogen-bond donors (Lipinski definition) is 2. The third-order valence-corrected chi connectivity index (χ3v) is 4.41. The lowest BCUT2D eigenvalue weighted by atomic mass is 10.4. The molecule has 0 aliphatic heterocycles. The molecule has 136 valence electrons. The number of aliphatic imine (C=N–C) groups is 1. The molecule has 0 aromatic carbocycles. The third-order valence-electron chi connectivity index (χ3n) is 4.41. The fraction of sp³-hybridized carbons (Fsp3) is 0.778. The molecule has 1 aromatic heterocycles. The van der Waals surface area contributed by atoms with Gasteiger partial charge in [0.05, 0.1) is 5.69 Å². The highest BCUT2D eigenvalue weighted by Crippen LogP contribution is 2.25. The second kappa shape index (κ2) is 9.67. The molecule has 2 rings (SSSR count). The van der Waals surface area contributed by atoms with Crippen LogP contribution in [0.25, 0.3) is 0 Å². The van der Waals surface area contributed by atoms with E-state index in [1.54, 1.807) is 0 Å². The molecule has 1 fully saturated rings. The normalized spacial score (nSPS) is 15.1. The van der Waals surface area contributed by atoms with E-state index in [4.69, 9.17) is 0 Å². The Hall–Kier alpha value is -1.56. The van der Waals surface area contributed by atoms with Crippen molar-refractivity contribution >= 4 is 5.96 Å². The predicted octanol–water partition coefficient (Wildman–Crippen LogP) is 1.93. The Kier molecular flexibility index (Phi) is 7.56. The van der Waals surface area contributed by atoms with Gasteiger partial charge in [-0.15, -0.1) is 0 Å². The Bertz CT molecular complexity index is 518. The van der Waals surface area contributed by atoms with Crippen molar-refractivity contribution in [2.45, 2.75) is 59.5 Å². The van der Waals surface area contributed by atoms with Gasteiger partial charge in [0.1, 0.15) is 0 Å². The lowest BCUT2D eigenvalue weighted by molar-refractivity contribution is 0.282. The molecule has 0 bridgehead atoms. The van der Waals surface area contributed by atoms with Crippen molar-refractivity contribution in [1.82, 2.24) is 25.3 Å². The van der Waals surface area contributed by atoms with E-state index < -0.39 is 0 Å². The van der Waals surface area contributed by atoms with Crippen LogP contribution in [0.2, 0.25) is 0 Å². The van der Waals surface area contributed by atoms with E-state index in [1.165, 1.54) is 18.5 Å². The van der Waals surface area contributed by atoms with Gasteiger partial charge in [-0.1, -0.05) is 6.92 Å². The molecule has 1 aliphatic rings. The van der Waals surface area contributed by atoms with Gasteiger partial charge < -0.3 is 10.6 Å². The van der Waals surface area contributed by atoms with E-state index >= 15 is 0 Å². The average Bonchev–Trinajstić information content (AvgIpc) is 3.33. The summed E-state index contributed by atoms with van der Waals surface area (Å²) in [4.78, 5) is 7.24. The Morgan fingerprint density at radius 2 is 2.12 bits per heavy atom. The summed E-state index contributed by atoms with van der Waals surface area (Å²) in [6.07, 6.45) is 3.74. The van der Waals surface area contributed by atoms with Crippen LogP contribution in [-0.4, -0.2) is 59.4 Å². The Morgan fingerprint density at radius 3 is 2.71 bits per heavy atom. The maximum Gasteiger partial charge on any atom is 0.191 e. The molecule has 6 heteroatoms. The molecular formula is C18H34N6. The van der Waals surface area contributed by atoms with E-state index in [-0.39, 0.29) is 0 Å². The van der Waals surface area contributed by atoms with Gasteiger partial charge in [0.15, 0.2) is 5.96 Å². The second-order valence-corrected chi connectivity index (χ2v) is 6.55. The fourth-order valence-electron chi connectivity index (χ4n) is 3.01. The quantitative estimate of drug-likeness (QED) is 0.390. The molecule has 6 nitrogen and oxygen atoms in total. The van der Waals surface area contributed by atoms with Gasteiger partial charge >= 0.3 is 0 Å². The first kappa shape index (κ1) is 18.8. The van der Waals surface area contributed by atoms with Crippen LogP contribution < -0.4 is 10.6 Å². The number of nitrogens with zero attached hydrogens (tertiary/aromatic N) is 4. The number of likely N-dealkylation sites (N-methyl/N-ethyl adjacent to an activating group) is 1. The number of nitrogens with one attached hydrogen (secondary N) is 2. The molecule has 1 aliphatic carbocycles. The van der Waals surface area contributed by atoms with Crippen LogP contribution >= 0.6 is 0 Å². The van der Waals surface area contributed by atoms with Crippen LogP contribution in [-0.2, 0) is 6.54 Å². The van der Waals surface area contributed by atoms with Crippen LogP contribution in [0.15, 0.2) is 11.1 Å². The molecule has 0 unspecified atom stereocenters. The van der Waals surface area contributed by atoms with Gasteiger partial charge in [-0.2, -0.15) is 5.10 Å². The second-order valence-electron chi connectivity index (χ2n) is 6.55. The molecule has 0 spiro atoms. The zero-order chi connectivity index (χ0) is 17.4. The molecule has 1 aromatic rings.